The van der Waals surface area contributed by atoms with E-state index in [9.17, 15) is 4.79 Å². The minimum absolute atomic E-state index is 0.0526. The van der Waals surface area contributed by atoms with Gasteiger partial charge in [0.2, 0.25) is 0 Å². The monoisotopic (exact) mass is 285 g/mol. The highest BCUT2D eigenvalue weighted by Crippen LogP contribution is 2.36. The molecule has 1 heterocycles. The van der Waals surface area contributed by atoms with E-state index in [4.69, 9.17) is 5.11 Å². The summed E-state index contributed by atoms with van der Waals surface area (Å²) in [5.74, 6) is -0.667. The number of hydrogen-bond donors (Lipinski definition) is 1. The van der Waals surface area contributed by atoms with Gasteiger partial charge in [-0.1, -0.05) is 44.4 Å². The lowest BCUT2D eigenvalue weighted by Gasteiger charge is -2.28. The molecule has 1 atom stereocenters. The first-order chi connectivity index (χ1) is 10.2. The van der Waals surface area contributed by atoms with Crippen molar-refractivity contribution in [2.45, 2.75) is 57.4 Å². The Morgan fingerprint density at radius 2 is 2.00 bits per heavy atom. The first-order valence-electron chi connectivity index (χ1n) is 7.98. The quantitative estimate of drug-likeness (QED) is 0.882. The second-order valence-electron chi connectivity index (χ2n) is 6.29. The number of aliphatic carboxylic acids is 1. The normalized spacial score (nSPS) is 18.0. The molecule has 21 heavy (non-hydrogen) atoms. The summed E-state index contributed by atoms with van der Waals surface area (Å²) in [6.45, 7) is 2.03. The van der Waals surface area contributed by atoms with E-state index in [1.807, 2.05) is 6.92 Å². The van der Waals surface area contributed by atoms with Gasteiger partial charge in [0.15, 0.2) is 0 Å². The molecule has 0 amide bonds. The molecule has 1 saturated carbocycles. The molecule has 112 valence electrons. The van der Waals surface area contributed by atoms with E-state index in [1.165, 1.54) is 48.7 Å². The van der Waals surface area contributed by atoms with E-state index in [0.717, 1.165) is 0 Å². The minimum atomic E-state index is -0.719. The molecular weight excluding hydrogens is 262 g/mol. The molecule has 1 fully saturated rings. The van der Waals surface area contributed by atoms with Crippen LogP contribution in [0.15, 0.2) is 30.3 Å². The molecule has 3 nitrogen and oxygen atoms in total. The maximum atomic E-state index is 11.1. The van der Waals surface area contributed by atoms with Crippen molar-refractivity contribution in [2.75, 3.05) is 0 Å². The van der Waals surface area contributed by atoms with Gasteiger partial charge in [-0.3, -0.25) is 4.79 Å². The fraction of sp³-hybridized carbons (Fsp3) is 0.500. The Morgan fingerprint density at radius 1 is 1.29 bits per heavy atom. The Kier molecular flexibility index (Phi) is 4.00. The summed E-state index contributed by atoms with van der Waals surface area (Å²) in [5.41, 5.74) is 2.45. The molecule has 0 radical (unpaired) electrons. The first kappa shape index (κ1) is 14.2. The summed E-state index contributed by atoms with van der Waals surface area (Å²) in [4.78, 5) is 11.1. The Balaban J connectivity index is 2.06. The summed E-state index contributed by atoms with van der Waals surface area (Å²) in [7, 11) is 0. The largest absolute Gasteiger partial charge is 0.481 e. The maximum Gasteiger partial charge on any atom is 0.304 e. The zero-order chi connectivity index (χ0) is 14.8. The highest BCUT2D eigenvalue weighted by atomic mass is 16.4. The van der Waals surface area contributed by atoms with Gasteiger partial charge in [0.25, 0.3) is 0 Å². The average molecular weight is 285 g/mol. The highest BCUT2D eigenvalue weighted by Gasteiger charge is 2.23. The molecular formula is C18H23NO2. The number of carboxylic acid groups (broad SMARTS) is 1. The number of para-hydroxylation sites is 1. The van der Waals surface area contributed by atoms with Crippen LogP contribution < -0.4 is 0 Å². The third-order valence-corrected chi connectivity index (χ3v) is 4.70. The topological polar surface area (TPSA) is 42.2 Å². The molecule has 2 aromatic rings. The number of fused-ring (bicyclic) bond motifs is 1. The van der Waals surface area contributed by atoms with Crippen LogP contribution in [-0.4, -0.2) is 15.6 Å². The van der Waals surface area contributed by atoms with Crippen LogP contribution in [0.25, 0.3) is 10.9 Å². The van der Waals surface area contributed by atoms with Gasteiger partial charge in [0.1, 0.15) is 0 Å². The molecule has 1 aliphatic rings. The number of benzene rings is 1. The number of carbonyl (C=O) groups is 1. The molecule has 1 aromatic carbocycles. The number of rotatable bonds is 4. The summed E-state index contributed by atoms with van der Waals surface area (Å²) in [5, 5.41) is 10.3. The maximum absolute atomic E-state index is 11.1. The molecule has 0 bridgehead atoms. The van der Waals surface area contributed by atoms with Gasteiger partial charge in [-0.05, 0) is 30.4 Å². The second kappa shape index (κ2) is 5.92. The highest BCUT2D eigenvalue weighted by molar-refractivity contribution is 5.82. The zero-order valence-electron chi connectivity index (χ0n) is 12.6. The van der Waals surface area contributed by atoms with Crippen molar-refractivity contribution in [3.8, 4) is 0 Å². The van der Waals surface area contributed by atoms with Crippen molar-refractivity contribution in [1.29, 1.82) is 0 Å². The van der Waals surface area contributed by atoms with Gasteiger partial charge in [-0.25, -0.2) is 0 Å². The van der Waals surface area contributed by atoms with Crippen LogP contribution in [0.3, 0.4) is 0 Å². The fourth-order valence-electron chi connectivity index (χ4n) is 3.69. The number of aromatic nitrogens is 1. The SMILES string of the molecule is CC(CC(=O)O)c1cc2ccccc2n1C1CCCCC1. The second-order valence-corrected chi connectivity index (χ2v) is 6.29. The van der Waals surface area contributed by atoms with Crippen molar-refractivity contribution in [1.82, 2.24) is 4.57 Å². The molecule has 1 unspecified atom stereocenters. The smallest absolute Gasteiger partial charge is 0.304 e. The van der Waals surface area contributed by atoms with Gasteiger partial charge in [-0.2, -0.15) is 0 Å². The van der Waals surface area contributed by atoms with Crippen LogP contribution >= 0.6 is 0 Å². The molecule has 3 rings (SSSR count). The van der Waals surface area contributed by atoms with Crippen LogP contribution in [-0.2, 0) is 4.79 Å². The van der Waals surface area contributed by atoms with E-state index in [2.05, 4.69) is 34.9 Å². The van der Waals surface area contributed by atoms with Crippen LogP contribution in [0, 0.1) is 0 Å². The predicted octanol–water partition coefficient (Wildman–Crippen LogP) is 4.72. The predicted molar refractivity (Wildman–Crippen MR) is 84.7 cm³/mol. The molecule has 1 aromatic heterocycles. The summed E-state index contributed by atoms with van der Waals surface area (Å²) < 4.78 is 2.43. The van der Waals surface area contributed by atoms with Crippen LogP contribution in [0.1, 0.15) is 63.1 Å². The van der Waals surface area contributed by atoms with Gasteiger partial charge in [0.05, 0.1) is 6.42 Å². The standard InChI is InChI=1S/C18H23NO2/c1-13(11-18(20)21)17-12-14-7-5-6-10-16(14)19(17)15-8-3-2-4-9-15/h5-7,10,12-13,15H,2-4,8-9,11H2,1H3,(H,20,21). The minimum Gasteiger partial charge on any atom is -0.481 e. The van der Waals surface area contributed by atoms with Gasteiger partial charge >= 0.3 is 5.97 Å². The fourth-order valence-corrected chi connectivity index (χ4v) is 3.69. The lowest BCUT2D eigenvalue weighted by atomic mass is 9.94. The van der Waals surface area contributed by atoms with E-state index < -0.39 is 5.97 Å². The molecule has 3 heteroatoms. The molecule has 0 spiro atoms. The van der Waals surface area contributed by atoms with Gasteiger partial charge in [-0.15, -0.1) is 0 Å². The molecule has 0 aliphatic heterocycles. The first-order valence-corrected chi connectivity index (χ1v) is 7.98. The van der Waals surface area contributed by atoms with Gasteiger partial charge < -0.3 is 9.67 Å². The third kappa shape index (κ3) is 2.82. The van der Waals surface area contributed by atoms with E-state index in [-0.39, 0.29) is 12.3 Å². The van der Waals surface area contributed by atoms with Crippen molar-refractivity contribution in [3.63, 3.8) is 0 Å². The number of hydrogen-bond acceptors (Lipinski definition) is 1. The lowest BCUT2D eigenvalue weighted by Crippen LogP contribution is -2.17. The summed E-state index contributed by atoms with van der Waals surface area (Å²) in [6.07, 6.45) is 6.52. The summed E-state index contributed by atoms with van der Waals surface area (Å²) in [6, 6.07) is 11.2. The van der Waals surface area contributed by atoms with E-state index >= 15 is 0 Å². The number of nitrogens with zero attached hydrogens (tertiary/aromatic N) is 1. The lowest BCUT2D eigenvalue weighted by molar-refractivity contribution is -0.137. The zero-order valence-corrected chi connectivity index (χ0v) is 12.6. The van der Waals surface area contributed by atoms with Crippen molar-refractivity contribution >= 4 is 16.9 Å². The van der Waals surface area contributed by atoms with Crippen molar-refractivity contribution < 1.29 is 9.90 Å². The van der Waals surface area contributed by atoms with Crippen LogP contribution in [0.2, 0.25) is 0 Å². The van der Waals surface area contributed by atoms with E-state index in [1.54, 1.807) is 0 Å². The Labute approximate surface area is 125 Å². The average Bonchev–Trinajstić information content (AvgIpc) is 2.87. The van der Waals surface area contributed by atoms with Crippen molar-refractivity contribution in [2.24, 2.45) is 0 Å². The molecule has 1 N–H and O–H groups in total. The summed E-state index contributed by atoms with van der Waals surface area (Å²) >= 11 is 0. The molecule has 1 aliphatic carbocycles. The molecule has 0 saturated heterocycles. The Morgan fingerprint density at radius 3 is 2.71 bits per heavy atom. The van der Waals surface area contributed by atoms with Gasteiger partial charge in [0, 0.05) is 23.2 Å². The third-order valence-electron chi connectivity index (χ3n) is 4.70. The van der Waals surface area contributed by atoms with Crippen LogP contribution in [0.4, 0.5) is 0 Å². The van der Waals surface area contributed by atoms with Crippen molar-refractivity contribution in [3.05, 3.63) is 36.0 Å². The Bertz CT molecular complexity index is 638. The van der Waals surface area contributed by atoms with E-state index in [0.29, 0.717) is 6.04 Å². The number of carboxylic acids is 1. The Hall–Kier alpha value is -1.77. The van der Waals surface area contributed by atoms with Crippen LogP contribution in [0.5, 0.6) is 0 Å².